The van der Waals surface area contributed by atoms with Crippen LogP contribution in [0, 0.1) is 16.0 Å². The van der Waals surface area contributed by atoms with E-state index in [2.05, 4.69) is 4.98 Å². The zero-order valence-electron chi connectivity index (χ0n) is 15.0. The van der Waals surface area contributed by atoms with Gasteiger partial charge in [-0.2, -0.15) is 0 Å². The number of nitro benzene ring substituents is 1. The molecule has 0 bridgehead atoms. The maximum atomic E-state index is 12.9. The van der Waals surface area contributed by atoms with E-state index < -0.39 is 10.5 Å². The molecule has 1 saturated carbocycles. The minimum Gasteiger partial charge on any atom is -0.338 e. The van der Waals surface area contributed by atoms with Crippen molar-refractivity contribution < 1.29 is 9.72 Å². The lowest BCUT2D eigenvalue weighted by molar-refractivity contribution is -0.384. The van der Waals surface area contributed by atoms with Crippen LogP contribution in [-0.2, 0) is 11.3 Å². The van der Waals surface area contributed by atoms with Gasteiger partial charge >= 0.3 is 0 Å². The number of piperidine rings is 1. The van der Waals surface area contributed by atoms with Gasteiger partial charge in [-0.05, 0) is 37.7 Å². The predicted molar refractivity (Wildman–Crippen MR) is 99.4 cm³/mol. The number of carbonyl (C=O) groups is 1. The number of rotatable bonds is 3. The number of carbonyl (C=O) groups excluding carboxylic acids is 1. The summed E-state index contributed by atoms with van der Waals surface area (Å²) >= 11 is 0. The smallest absolute Gasteiger partial charge is 0.270 e. The first-order chi connectivity index (χ1) is 13.0. The second-order valence-electron chi connectivity index (χ2n) is 7.48. The van der Waals surface area contributed by atoms with E-state index in [0.717, 1.165) is 25.8 Å². The molecular formula is C19H22N4O4. The van der Waals surface area contributed by atoms with E-state index in [0.29, 0.717) is 11.4 Å². The predicted octanol–water partition coefficient (Wildman–Crippen LogP) is 2.49. The van der Waals surface area contributed by atoms with Crippen molar-refractivity contribution in [2.45, 2.75) is 51.1 Å². The Morgan fingerprint density at radius 3 is 2.81 bits per heavy atom. The fourth-order valence-corrected chi connectivity index (χ4v) is 4.54. The topological polar surface area (TPSA) is 98.3 Å². The number of likely N-dealkylation sites (tertiary alicyclic amines) is 1. The molecule has 1 saturated heterocycles. The lowest BCUT2D eigenvalue weighted by atomic mass is 9.78. The molecule has 2 aromatic rings. The molecule has 2 unspecified atom stereocenters. The normalized spacial score (nSPS) is 22.4. The van der Waals surface area contributed by atoms with Gasteiger partial charge in [0.2, 0.25) is 5.91 Å². The van der Waals surface area contributed by atoms with E-state index in [1.807, 2.05) is 4.90 Å². The van der Waals surface area contributed by atoms with Crippen LogP contribution >= 0.6 is 0 Å². The Bertz CT molecular complexity index is 952. The Kier molecular flexibility index (Phi) is 4.63. The average Bonchev–Trinajstić information content (AvgIpc) is 2.69. The number of hydrogen-bond acceptors (Lipinski definition) is 5. The number of nitro groups is 1. The molecular weight excluding hydrogens is 348 g/mol. The molecule has 8 heteroatoms. The first kappa shape index (κ1) is 17.6. The van der Waals surface area contributed by atoms with Gasteiger partial charge < -0.3 is 4.90 Å². The van der Waals surface area contributed by atoms with Gasteiger partial charge in [-0.3, -0.25) is 24.3 Å². The number of amides is 1. The molecule has 0 spiro atoms. The Labute approximate surface area is 156 Å². The number of non-ortho nitro benzene ring substituents is 1. The summed E-state index contributed by atoms with van der Waals surface area (Å²) in [6.45, 7) is 0.662. The zero-order valence-corrected chi connectivity index (χ0v) is 15.0. The summed E-state index contributed by atoms with van der Waals surface area (Å²) in [6, 6.07) is 4.29. The molecule has 1 aliphatic heterocycles. The molecule has 1 amide bonds. The first-order valence-corrected chi connectivity index (χ1v) is 9.47. The fourth-order valence-electron chi connectivity index (χ4n) is 4.54. The largest absolute Gasteiger partial charge is 0.338 e. The summed E-state index contributed by atoms with van der Waals surface area (Å²) < 4.78 is 1.26. The molecule has 2 fully saturated rings. The van der Waals surface area contributed by atoms with E-state index in [1.54, 1.807) is 0 Å². The summed E-state index contributed by atoms with van der Waals surface area (Å²) in [5.74, 6) is 0.505. The zero-order chi connectivity index (χ0) is 19.0. The summed E-state index contributed by atoms with van der Waals surface area (Å²) in [5.41, 5.74) is -0.194. The molecule has 2 atom stereocenters. The highest BCUT2D eigenvalue weighted by atomic mass is 16.6. The number of nitrogens with zero attached hydrogens (tertiary/aromatic N) is 4. The SMILES string of the molecule is O=C(Cn1cnc2ccc([N+](=O)[O-])cc2c1=O)N1CCCC2CCCCC21. The third kappa shape index (κ3) is 3.31. The molecule has 2 aliphatic rings. The number of hydrogen-bond donors (Lipinski definition) is 0. The Hall–Kier alpha value is -2.77. The van der Waals surface area contributed by atoms with Gasteiger partial charge in [0, 0.05) is 24.7 Å². The lowest BCUT2D eigenvalue weighted by Crippen LogP contribution is -2.51. The van der Waals surface area contributed by atoms with E-state index >= 15 is 0 Å². The van der Waals surface area contributed by atoms with Crippen LogP contribution < -0.4 is 5.56 Å². The molecule has 1 aliphatic carbocycles. The number of benzene rings is 1. The van der Waals surface area contributed by atoms with Crippen LogP contribution in [0.3, 0.4) is 0 Å². The Balaban J connectivity index is 1.60. The van der Waals surface area contributed by atoms with Crippen LogP contribution in [0.1, 0.15) is 38.5 Å². The summed E-state index contributed by atoms with van der Waals surface area (Å²) in [5, 5.41) is 11.1. The first-order valence-electron chi connectivity index (χ1n) is 9.47. The molecule has 2 heterocycles. The second kappa shape index (κ2) is 7.09. The van der Waals surface area contributed by atoms with Crippen molar-refractivity contribution in [3.05, 3.63) is 45.0 Å². The van der Waals surface area contributed by atoms with Crippen molar-refractivity contribution in [3.63, 3.8) is 0 Å². The molecule has 8 nitrogen and oxygen atoms in total. The molecule has 142 valence electrons. The van der Waals surface area contributed by atoms with Crippen LogP contribution in [-0.4, -0.2) is 37.9 Å². The van der Waals surface area contributed by atoms with Gasteiger partial charge in [0.15, 0.2) is 0 Å². The summed E-state index contributed by atoms with van der Waals surface area (Å²) in [6.07, 6.45) is 8.13. The van der Waals surface area contributed by atoms with Gasteiger partial charge in [-0.15, -0.1) is 0 Å². The molecule has 1 aromatic heterocycles. The van der Waals surface area contributed by atoms with Crippen molar-refractivity contribution in [1.29, 1.82) is 0 Å². The summed E-state index contributed by atoms with van der Waals surface area (Å²) in [4.78, 5) is 42.2. The van der Waals surface area contributed by atoms with Gasteiger partial charge in [-0.25, -0.2) is 4.98 Å². The van der Waals surface area contributed by atoms with Crippen LogP contribution in [0.15, 0.2) is 29.3 Å². The molecule has 27 heavy (non-hydrogen) atoms. The molecule has 1 aromatic carbocycles. The van der Waals surface area contributed by atoms with Gasteiger partial charge in [0.1, 0.15) is 6.54 Å². The summed E-state index contributed by atoms with van der Waals surface area (Å²) in [7, 11) is 0. The van der Waals surface area contributed by atoms with Crippen LogP contribution in [0.25, 0.3) is 10.9 Å². The van der Waals surface area contributed by atoms with Gasteiger partial charge in [-0.1, -0.05) is 12.8 Å². The van der Waals surface area contributed by atoms with Gasteiger partial charge in [0.05, 0.1) is 22.2 Å². The minimum atomic E-state index is -0.543. The third-order valence-electron chi connectivity index (χ3n) is 5.89. The maximum absolute atomic E-state index is 12.9. The van der Waals surface area contributed by atoms with Crippen LogP contribution in [0.4, 0.5) is 5.69 Å². The van der Waals surface area contributed by atoms with E-state index in [4.69, 9.17) is 0 Å². The second-order valence-corrected chi connectivity index (χ2v) is 7.48. The van der Waals surface area contributed by atoms with Crippen molar-refractivity contribution >= 4 is 22.5 Å². The molecule has 0 radical (unpaired) electrons. The molecule has 0 N–H and O–H groups in total. The number of aromatic nitrogens is 2. The highest BCUT2D eigenvalue weighted by Gasteiger charge is 2.35. The van der Waals surface area contributed by atoms with E-state index in [1.165, 1.54) is 48.4 Å². The van der Waals surface area contributed by atoms with Crippen LogP contribution in [0.5, 0.6) is 0 Å². The van der Waals surface area contributed by atoms with E-state index in [9.17, 15) is 19.7 Å². The Morgan fingerprint density at radius 2 is 2.00 bits per heavy atom. The van der Waals surface area contributed by atoms with Crippen molar-refractivity contribution in [1.82, 2.24) is 14.5 Å². The highest BCUT2D eigenvalue weighted by Crippen LogP contribution is 2.35. The van der Waals surface area contributed by atoms with Crippen molar-refractivity contribution in [2.75, 3.05) is 6.54 Å². The van der Waals surface area contributed by atoms with Crippen LogP contribution in [0.2, 0.25) is 0 Å². The monoisotopic (exact) mass is 370 g/mol. The number of fused-ring (bicyclic) bond motifs is 2. The average molecular weight is 370 g/mol. The van der Waals surface area contributed by atoms with Crippen molar-refractivity contribution in [2.24, 2.45) is 5.92 Å². The molecule has 4 rings (SSSR count). The quantitative estimate of drug-likeness (QED) is 0.611. The Morgan fingerprint density at radius 1 is 1.22 bits per heavy atom. The lowest BCUT2D eigenvalue weighted by Gasteiger charge is -2.44. The van der Waals surface area contributed by atoms with E-state index in [-0.39, 0.29) is 29.6 Å². The third-order valence-corrected chi connectivity index (χ3v) is 5.89. The minimum absolute atomic E-state index is 0.0692. The maximum Gasteiger partial charge on any atom is 0.270 e. The highest BCUT2D eigenvalue weighted by molar-refractivity contribution is 5.81. The van der Waals surface area contributed by atoms with Gasteiger partial charge in [0.25, 0.3) is 11.2 Å². The fraction of sp³-hybridized carbons (Fsp3) is 0.526. The standard InChI is InChI=1S/C19H22N4O4/c24-18(22-9-3-5-13-4-1-2-6-17(13)22)11-21-12-20-16-8-7-14(23(26)27)10-15(16)19(21)25/h7-8,10,12-13,17H,1-6,9,11H2. The van der Waals surface area contributed by atoms with Crippen molar-refractivity contribution in [3.8, 4) is 0 Å².